The number of hydrogen-bond acceptors (Lipinski definition) is 3. The Kier molecular flexibility index (Phi) is 4.52. The van der Waals surface area contributed by atoms with Gasteiger partial charge in [0.15, 0.2) is 0 Å². The monoisotopic (exact) mass is 296 g/mol. The van der Waals surface area contributed by atoms with Gasteiger partial charge >= 0.3 is 0 Å². The molecule has 0 radical (unpaired) electrons. The lowest BCUT2D eigenvalue weighted by Crippen LogP contribution is -2.42. The molecule has 0 bridgehead atoms. The van der Waals surface area contributed by atoms with Gasteiger partial charge in [0.1, 0.15) is 0 Å². The Labute approximate surface area is 122 Å². The van der Waals surface area contributed by atoms with E-state index in [1.807, 2.05) is 26.0 Å². The van der Waals surface area contributed by atoms with Crippen LogP contribution in [-0.2, 0) is 16.4 Å². The highest BCUT2D eigenvalue weighted by molar-refractivity contribution is 7.89. The van der Waals surface area contributed by atoms with E-state index in [-0.39, 0.29) is 5.54 Å². The molecule has 1 aliphatic rings. The highest BCUT2D eigenvalue weighted by Crippen LogP contribution is 2.33. The molecule has 2 rings (SSSR count). The van der Waals surface area contributed by atoms with Crippen molar-refractivity contribution in [3.8, 4) is 0 Å². The van der Waals surface area contributed by atoms with Crippen LogP contribution < -0.4 is 5.73 Å². The molecule has 1 aromatic carbocycles. The second kappa shape index (κ2) is 5.84. The fraction of sp³-hybridized carbons (Fsp3) is 0.600. The molecule has 1 aromatic rings. The van der Waals surface area contributed by atoms with Gasteiger partial charge in [-0.1, -0.05) is 12.1 Å². The van der Waals surface area contributed by atoms with Gasteiger partial charge in [0, 0.05) is 12.1 Å². The largest absolute Gasteiger partial charge is 0.330 e. The summed E-state index contributed by atoms with van der Waals surface area (Å²) < 4.78 is 27.0. The van der Waals surface area contributed by atoms with E-state index in [0.717, 1.165) is 31.2 Å². The third kappa shape index (κ3) is 3.05. The van der Waals surface area contributed by atoms with E-state index in [2.05, 4.69) is 0 Å². The Morgan fingerprint density at radius 1 is 1.25 bits per heavy atom. The first kappa shape index (κ1) is 15.5. The number of nitrogens with zero attached hydrogens (tertiary/aromatic N) is 1. The Balaban J connectivity index is 2.22. The molecule has 20 heavy (non-hydrogen) atoms. The van der Waals surface area contributed by atoms with E-state index in [0.29, 0.717) is 18.0 Å². The van der Waals surface area contributed by atoms with Crippen molar-refractivity contribution in [3.05, 3.63) is 29.8 Å². The van der Waals surface area contributed by atoms with Crippen molar-refractivity contribution in [2.45, 2.75) is 50.0 Å². The van der Waals surface area contributed by atoms with Crippen LogP contribution >= 0.6 is 0 Å². The highest BCUT2D eigenvalue weighted by Gasteiger charge is 2.40. The smallest absolute Gasteiger partial charge is 0.243 e. The normalized spacial score (nSPS) is 19.4. The zero-order chi connectivity index (χ0) is 14.8. The van der Waals surface area contributed by atoms with Gasteiger partial charge in [-0.15, -0.1) is 0 Å². The van der Waals surface area contributed by atoms with Gasteiger partial charge in [0.05, 0.1) is 4.90 Å². The number of hydrogen-bond donors (Lipinski definition) is 1. The molecule has 1 aliphatic heterocycles. The van der Waals surface area contributed by atoms with Crippen molar-refractivity contribution >= 4 is 10.0 Å². The van der Waals surface area contributed by atoms with Crippen LogP contribution in [0.1, 0.15) is 38.7 Å². The molecule has 0 saturated carbocycles. The van der Waals surface area contributed by atoms with Gasteiger partial charge in [-0.2, -0.15) is 4.31 Å². The summed E-state index contributed by atoms with van der Waals surface area (Å²) in [5, 5.41) is 0. The van der Waals surface area contributed by atoms with Gasteiger partial charge in [-0.25, -0.2) is 8.42 Å². The van der Waals surface area contributed by atoms with E-state index < -0.39 is 10.0 Å². The maximum absolute atomic E-state index is 12.7. The van der Waals surface area contributed by atoms with Crippen LogP contribution in [0.25, 0.3) is 0 Å². The Bertz CT molecular complexity index is 550. The molecule has 0 aliphatic carbocycles. The molecule has 1 heterocycles. The predicted octanol–water partition coefficient (Wildman–Crippen LogP) is 2.14. The average molecular weight is 296 g/mol. The quantitative estimate of drug-likeness (QED) is 0.905. The van der Waals surface area contributed by atoms with E-state index in [9.17, 15) is 8.42 Å². The Hall–Kier alpha value is -0.910. The lowest BCUT2D eigenvalue weighted by molar-refractivity contribution is 0.291. The summed E-state index contributed by atoms with van der Waals surface area (Å²) in [6.45, 7) is 5.26. The van der Waals surface area contributed by atoms with Crippen LogP contribution in [0.5, 0.6) is 0 Å². The minimum absolute atomic E-state index is 0.281. The molecule has 112 valence electrons. The van der Waals surface area contributed by atoms with Crippen molar-refractivity contribution in [2.24, 2.45) is 5.73 Å². The summed E-state index contributed by atoms with van der Waals surface area (Å²) in [5.41, 5.74) is 6.34. The minimum Gasteiger partial charge on any atom is -0.330 e. The SMILES string of the molecule is CC1(C)CCCN1S(=O)(=O)c1ccc(CCCN)cc1. The Morgan fingerprint density at radius 3 is 2.40 bits per heavy atom. The molecule has 0 unspecified atom stereocenters. The molecule has 4 nitrogen and oxygen atoms in total. The first-order valence-electron chi connectivity index (χ1n) is 7.20. The van der Waals surface area contributed by atoms with Crippen molar-refractivity contribution in [3.63, 3.8) is 0 Å². The maximum atomic E-state index is 12.7. The molecule has 0 atom stereocenters. The van der Waals surface area contributed by atoms with E-state index in [1.165, 1.54) is 0 Å². The van der Waals surface area contributed by atoms with Gasteiger partial charge in [0.25, 0.3) is 0 Å². The number of rotatable bonds is 5. The Morgan fingerprint density at radius 2 is 1.90 bits per heavy atom. The standard InChI is InChI=1S/C15H24N2O2S/c1-15(2)10-4-12-17(15)20(18,19)14-8-6-13(7-9-14)5-3-11-16/h6-9H,3-5,10-12,16H2,1-2H3. The zero-order valence-electron chi connectivity index (χ0n) is 12.3. The van der Waals surface area contributed by atoms with E-state index >= 15 is 0 Å². The van der Waals surface area contributed by atoms with Crippen LogP contribution in [0.15, 0.2) is 29.2 Å². The second-order valence-corrected chi connectivity index (χ2v) is 7.89. The third-order valence-corrected chi connectivity index (χ3v) is 6.13. The second-order valence-electron chi connectivity index (χ2n) is 6.03. The van der Waals surface area contributed by atoms with Gasteiger partial charge < -0.3 is 5.73 Å². The molecule has 0 spiro atoms. The summed E-state index contributed by atoms with van der Waals surface area (Å²) in [7, 11) is -3.37. The summed E-state index contributed by atoms with van der Waals surface area (Å²) in [6, 6.07) is 7.22. The fourth-order valence-corrected chi connectivity index (χ4v) is 4.64. The zero-order valence-corrected chi connectivity index (χ0v) is 13.1. The van der Waals surface area contributed by atoms with Gasteiger partial charge in [0.2, 0.25) is 10.0 Å². The lowest BCUT2D eigenvalue weighted by atomic mass is 10.0. The molecule has 0 amide bonds. The van der Waals surface area contributed by atoms with Crippen LogP contribution in [0, 0.1) is 0 Å². The number of benzene rings is 1. The topological polar surface area (TPSA) is 63.4 Å². The van der Waals surface area contributed by atoms with Crippen LogP contribution in [0.2, 0.25) is 0 Å². The molecule has 5 heteroatoms. The molecule has 1 saturated heterocycles. The summed E-state index contributed by atoms with van der Waals surface area (Å²) in [5.74, 6) is 0. The van der Waals surface area contributed by atoms with E-state index in [4.69, 9.17) is 5.73 Å². The van der Waals surface area contributed by atoms with Gasteiger partial charge in [-0.05, 0) is 63.8 Å². The fourth-order valence-electron chi connectivity index (χ4n) is 2.79. The minimum atomic E-state index is -3.37. The van der Waals surface area contributed by atoms with Crippen LogP contribution in [-0.4, -0.2) is 31.4 Å². The van der Waals surface area contributed by atoms with Crippen molar-refractivity contribution in [1.82, 2.24) is 4.31 Å². The first-order chi connectivity index (χ1) is 9.38. The first-order valence-corrected chi connectivity index (χ1v) is 8.64. The number of sulfonamides is 1. The summed E-state index contributed by atoms with van der Waals surface area (Å²) >= 11 is 0. The van der Waals surface area contributed by atoms with Gasteiger partial charge in [-0.3, -0.25) is 0 Å². The third-order valence-electron chi connectivity index (χ3n) is 4.01. The summed E-state index contributed by atoms with van der Waals surface area (Å²) in [4.78, 5) is 0.393. The average Bonchev–Trinajstić information content (AvgIpc) is 2.77. The number of aryl methyl sites for hydroxylation is 1. The van der Waals surface area contributed by atoms with E-state index in [1.54, 1.807) is 16.4 Å². The maximum Gasteiger partial charge on any atom is 0.243 e. The summed E-state index contributed by atoms with van der Waals surface area (Å²) in [6.07, 6.45) is 3.67. The van der Waals surface area contributed by atoms with Crippen molar-refractivity contribution in [2.75, 3.05) is 13.1 Å². The molecule has 0 aromatic heterocycles. The molecule has 2 N–H and O–H groups in total. The predicted molar refractivity (Wildman–Crippen MR) is 81.0 cm³/mol. The lowest BCUT2D eigenvalue weighted by Gasteiger charge is -2.30. The highest BCUT2D eigenvalue weighted by atomic mass is 32.2. The van der Waals surface area contributed by atoms with Crippen LogP contribution in [0.4, 0.5) is 0 Å². The molecular weight excluding hydrogens is 272 g/mol. The number of nitrogens with two attached hydrogens (primary N) is 1. The molecule has 1 fully saturated rings. The van der Waals surface area contributed by atoms with Crippen molar-refractivity contribution in [1.29, 1.82) is 0 Å². The van der Waals surface area contributed by atoms with Crippen LogP contribution in [0.3, 0.4) is 0 Å². The van der Waals surface area contributed by atoms with Crippen molar-refractivity contribution < 1.29 is 8.42 Å². The molecular formula is C15H24N2O2S.